The van der Waals surface area contributed by atoms with Crippen LogP contribution in [0.15, 0.2) is 23.3 Å². The molecule has 0 bridgehead atoms. The molecule has 4 aliphatic carbocycles. The fraction of sp³-hybridized carbons (Fsp3) is 0.828. The van der Waals surface area contributed by atoms with Gasteiger partial charge in [-0.15, -0.1) is 0 Å². The van der Waals surface area contributed by atoms with Crippen LogP contribution in [0, 0.1) is 34.5 Å². The van der Waals surface area contributed by atoms with Crippen LogP contribution < -0.4 is 0 Å². The molecule has 5 aliphatic rings. The third-order valence-corrected chi connectivity index (χ3v) is 10.6. The molecule has 0 radical (unpaired) electrons. The molecule has 4 fully saturated rings. The van der Waals surface area contributed by atoms with Crippen LogP contribution in [0.1, 0.15) is 91.4 Å². The van der Waals surface area contributed by atoms with Gasteiger partial charge in [0.25, 0.3) is 0 Å². The van der Waals surface area contributed by atoms with E-state index in [1.807, 2.05) is 0 Å². The van der Waals surface area contributed by atoms with Crippen molar-refractivity contribution >= 4 is 5.97 Å². The highest BCUT2D eigenvalue weighted by atomic mass is 16.7. The molecular formula is C29H44O4. The predicted octanol–water partition coefficient (Wildman–Crippen LogP) is 6.60. The number of carbonyl (C=O) groups excluding carboxylic acids is 1. The van der Waals surface area contributed by atoms with Gasteiger partial charge < -0.3 is 14.2 Å². The Kier molecular flexibility index (Phi) is 6.54. The molecule has 0 N–H and O–H groups in total. The number of rotatable bonds is 4. The van der Waals surface area contributed by atoms with Gasteiger partial charge in [-0.1, -0.05) is 31.1 Å². The molecule has 4 nitrogen and oxygen atoms in total. The molecular weight excluding hydrogens is 412 g/mol. The molecule has 1 unspecified atom stereocenters. The van der Waals surface area contributed by atoms with Crippen LogP contribution >= 0.6 is 0 Å². The molecule has 33 heavy (non-hydrogen) atoms. The summed E-state index contributed by atoms with van der Waals surface area (Å²) in [6, 6.07) is 0. The SMILES string of the molecule is COC(=O)/C=C(\C)[C@H]1CC[C@H]2[C@@H]3CC=C4C[C@@H](OC5CCCCO5)CC[C@]4(C)[C@H]3CC[C@]12C. The van der Waals surface area contributed by atoms with E-state index in [9.17, 15) is 4.79 Å². The van der Waals surface area contributed by atoms with Crippen molar-refractivity contribution in [2.24, 2.45) is 34.5 Å². The highest BCUT2D eigenvalue weighted by Gasteiger charge is 2.58. The summed E-state index contributed by atoms with van der Waals surface area (Å²) in [5.41, 5.74) is 3.56. The quantitative estimate of drug-likeness (QED) is 0.272. The van der Waals surface area contributed by atoms with E-state index in [1.165, 1.54) is 70.5 Å². The summed E-state index contributed by atoms with van der Waals surface area (Å²) in [6.07, 6.45) is 18.1. The first-order valence-corrected chi connectivity index (χ1v) is 13.6. The molecule has 184 valence electrons. The van der Waals surface area contributed by atoms with Crippen molar-refractivity contribution in [1.82, 2.24) is 0 Å². The largest absolute Gasteiger partial charge is 0.466 e. The van der Waals surface area contributed by atoms with Crippen molar-refractivity contribution in [2.45, 2.75) is 104 Å². The first-order valence-electron chi connectivity index (χ1n) is 13.6. The lowest BCUT2D eigenvalue weighted by Crippen LogP contribution is -2.50. The van der Waals surface area contributed by atoms with Gasteiger partial charge in [-0.2, -0.15) is 0 Å². The molecule has 4 heteroatoms. The highest BCUT2D eigenvalue weighted by Crippen LogP contribution is 2.67. The number of fused-ring (bicyclic) bond motifs is 5. The fourth-order valence-corrected chi connectivity index (χ4v) is 8.87. The van der Waals surface area contributed by atoms with Crippen molar-refractivity contribution < 1.29 is 19.0 Å². The third kappa shape index (κ3) is 4.14. The minimum Gasteiger partial charge on any atom is -0.466 e. The summed E-state index contributed by atoms with van der Waals surface area (Å²) in [5, 5.41) is 0. The predicted molar refractivity (Wildman–Crippen MR) is 129 cm³/mol. The van der Waals surface area contributed by atoms with E-state index in [2.05, 4.69) is 26.8 Å². The van der Waals surface area contributed by atoms with Gasteiger partial charge in [0.15, 0.2) is 6.29 Å². The lowest BCUT2D eigenvalue weighted by Gasteiger charge is -2.58. The summed E-state index contributed by atoms with van der Waals surface area (Å²) < 4.78 is 17.2. The maximum Gasteiger partial charge on any atom is 0.330 e. The Morgan fingerprint density at radius 2 is 1.94 bits per heavy atom. The zero-order valence-corrected chi connectivity index (χ0v) is 21.2. The van der Waals surface area contributed by atoms with Gasteiger partial charge in [0.1, 0.15) is 0 Å². The van der Waals surface area contributed by atoms with Crippen LogP contribution in [-0.2, 0) is 19.0 Å². The van der Waals surface area contributed by atoms with E-state index < -0.39 is 0 Å². The van der Waals surface area contributed by atoms with Crippen LogP contribution in [0.25, 0.3) is 0 Å². The van der Waals surface area contributed by atoms with Gasteiger partial charge in [-0.05, 0) is 112 Å². The van der Waals surface area contributed by atoms with Crippen molar-refractivity contribution in [3.63, 3.8) is 0 Å². The molecule has 0 amide bonds. The maximum absolute atomic E-state index is 11.9. The summed E-state index contributed by atoms with van der Waals surface area (Å²) in [5.74, 6) is 2.66. The lowest BCUT2D eigenvalue weighted by molar-refractivity contribution is -0.195. The summed E-state index contributed by atoms with van der Waals surface area (Å²) in [7, 11) is 1.48. The minimum absolute atomic E-state index is 0.0251. The number of hydrogen-bond donors (Lipinski definition) is 0. The Labute approximate surface area is 200 Å². The Hall–Kier alpha value is -1.13. The Balaban J connectivity index is 1.31. The molecule has 0 aromatic heterocycles. The van der Waals surface area contributed by atoms with Gasteiger partial charge in [0, 0.05) is 12.7 Å². The van der Waals surface area contributed by atoms with Crippen LogP contribution in [-0.4, -0.2) is 32.1 Å². The standard InChI is InChI=1S/C29H44O4/c1-19(17-26(30)31-4)23-10-11-24-22-9-8-20-18-21(33-27-7-5-6-16-32-27)12-14-28(20,2)25(22)13-15-29(23,24)3/h8,17,21-25,27H,5-7,9-16,18H2,1-4H3/b19-17+/t21-,22-,23+,24-,25-,27?,28-,29+/m0/s1. The number of hydrogen-bond acceptors (Lipinski definition) is 4. The first kappa shape index (κ1) is 23.6. The normalized spacial score (nSPS) is 45.5. The minimum atomic E-state index is -0.205. The van der Waals surface area contributed by atoms with E-state index in [4.69, 9.17) is 14.2 Å². The topological polar surface area (TPSA) is 44.8 Å². The number of allylic oxidation sites excluding steroid dienone is 2. The van der Waals surface area contributed by atoms with Crippen LogP contribution in [0.4, 0.5) is 0 Å². The molecule has 1 saturated heterocycles. The number of methoxy groups -OCH3 is 1. The van der Waals surface area contributed by atoms with Crippen molar-refractivity contribution in [3.8, 4) is 0 Å². The summed E-state index contributed by atoms with van der Waals surface area (Å²) in [6.45, 7) is 8.10. The highest BCUT2D eigenvalue weighted by molar-refractivity contribution is 5.82. The Morgan fingerprint density at radius 3 is 2.70 bits per heavy atom. The second kappa shape index (κ2) is 9.15. The molecule has 1 heterocycles. The van der Waals surface area contributed by atoms with Crippen LogP contribution in [0.3, 0.4) is 0 Å². The number of ether oxygens (including phenoxy) is 3. The van der Waals surface area contributed by atoms with Crippen LogP contribution in [0.2, 0.25) is 0 Å². The van der Waals surface area contributed by atoms with Crippen molar-refractivity contribution in [2.75, 3.05) is 13.7 Å². The van der Waals surface area contributed by atoms with Gasteiger partial charge in [-0.3, -0.25) is 0 Å². The Morgan fingerprint density at radius 1 is 1.09 bits per heavy atom. The smallest absolute Gasteiger partial charge is 0.330 e. The van der Waals surface area contributed by atoms with Crippen molar-refractivity contribution in [3.05, 3.63) is 23.3 Å². The van der Waals surface area contributed by atoms with E-state index in [0.717, 1.165) is 37.2 Å². The Bertz CT molecular complexity index is 808. The number of carbonyl (C=O) groups is 1. The summed E-state index contributed by atoms with van der Waals surface area (Å²) in [4.78, 5) is 11.9. The lowest BCUT2D eigenvalue weighted by atomic mass is 9.47. The van der Waals surface area contributed by atoms with Gasteiger partial charge in [0.05, 0.1) is 13.2 Å². The molecule has 8 atom stereocenters. The zero-order chi connectivity index (χ0) is 23.2. The first-order chi connectivity index (χ1) is 15.8. The summed E-state index contributed by atoms with van der Waals surface area (Å²) >= 11 is 0. The van der Waals surface area contributed by atoms with Gasteiger partial charge >= 0.3 is 5.97 Å². The molecule has 0 aromatic rings. The molecule has 1 aliphatic heterocycles. The second-order valence-corrected chi connectivity index (χ2v) is 12.1. The van der Waals surface area contributed by atoms with E-state index in [-0.39, 0.29) is 12.3 Å². The monoisotopic (exact) mass is 456 g/mol. The molecule has 3 saturated carbocycles. The number of esters is 1. The second-order valence-electron chi connectivity index (χ2n) is 12.1. The molecule has 0 spiro atoms. The fourth-order valence-electron chi connectivity index (χ4n) is 8.87. The van der Waals surface area contributed by atoms with E-state index >= 15 is 0 Å². The molecule has 5 rings (SSSR count). The van der Waals surface area contributed by atoms with Crippen molar-refractivity contribution in [1.29, 1.82) is 0 Å². The average molecular weight is 457 g/mol. The van der Waals surface area contributed by atoms with Gasteiger partial charge in [-0.25, -0.2) is 4.79 Å². The van der Waals surface area contributed by atoms with Gasteiger partial charge in [0.2, 0.25) is 0 Å². The van der Waals surface area contributed by atoms with E-state index in [1.54, 1.807) is 11.6 Å². The average Bonchev–Trinajstić information content (AvgIpc) is 3.17. The molecule has 0 aromatic carbocycles. The zero-order valence-electron chi connectivity index (χ0n) is 21.2. The third-order valence-electron chi connectivity index (χ3n) is 10.6. The van der Waals surface area contributed by atoms with E-state index in [0.29, 0.717) is 22.9 Å². The maximum atomic E-state index is 11.9. The van der Waals surface area contributed by atoms with Crippen LogP contribution in [0.5, 0.6) is 0 Å².